The number of nitrogens with one attached hydrogen (secondary N) is 1. The van der Waals surface area contributed by atoms with E-state index in [0.717, 1.165) is 16.3 Å². The Morgan fingerprint density at radius 1 is 1.06 bits per heavy atom. The minimum atomic E-state index is -3.93. The predicted molar refractivity (Wildman–Crippen MR) is 147 cm³/mol. The Morgan fingerprint density at radius 2 is 1.80 bits per heavy atom. The summed E-state index contributed by atoms with van der Waals surface area (Å²) in [5.41, 5.74) is 1.06. The molecule has 35 heavy (non-hydrogen) atoms. The molecule has 3 aromatic carbocycles. The van der Waals surface area contributed by atoms with Gasteiger partial charge in [-0.2, -0.15) is 0 Å². The molecule has 0 saturated heterocycles. The van der Waals surface area contributed by atoms with Gasteiger partial charge in [0, 0.05) is 28.0 Å². The standard InChI is InChI=1S/C28H25ClNO3PS/c29-22-11-13-26-24(17-22)25(18-35-26)27(34(32,33)15-14-19-6-2-1-3-7-19)28(31)30-23-12-10-20-8-4-5-9-21(20)16-23/h1-13,16-18,24,26-27H,14-15H2,(H,30,31)(H,32,33). The molecule has 3 aromatic rings. The highest BCUT2D eigenvalue weighted by molar-refractivity contribution is 8.03. The highest BCUT2D eigenvalue weighted by Crippen LogP contribution is 2.56. The second-order valence-electron chi connectivity index (χ2n) is 8.82. The van der Waals surface area contributed by atoms with Gasteiger partial charge in [0.2, 0.25) is 13.3 Å². The van der Waals surface area contributed by atoms with Crippen LogP contribution in [0.2, 0.25) is 0 Å². The summed E-state index contributed by atoms with van der Waals surface area (Å²) in [6.45, 7) is 0. The number of halogens is 1. The lowest BCUT2D eigenvalue weighted by atomic mass is 9.90. The number of amides is 1. The van der Waals surface area contributed by atoms with Crippen molar-refractivity contribution < 1.29 is 14.3 Å². The van der Waals surface area contributed by atoms with Gasteiger partial charge in [0.15, 0.2) is 0 Å². The third-order valence-electron chi connectivity index (χ3n) is 6.43. The molecule has 1 amide bonds. The van der Waals surface area contributed by atoms with E-state index in [9.17, 15) is 14.3 Å². The second kappa shape index (κ2) is 10.2. The molecule has 0 spiro atoms. The van der Waals surface area contributed by atoms with Crippen LogP contribution < -0.4 is 5.32 Å². The number of benzene rings is 3. The molecule has 0 saturated carbocycles. The monoisotopic (exact) mass is 521 g/mol. The van der Waals surface area contributed by atoms with Gasteiger partial charge >= 0.3 is 0 Å². The van der Waals surface area contributed by atoms with Crippen LogP contribution in [-0.4, -0.2) is 27.9 Å². The first-order valence-electron chi connectivity index (χ1n) is 11.5. The molecule has 1 aliphatic carbocycles. The minimum Gasteiger partial charge on any atom is -0.343 e. The van der Waals surface area contributed by atoms with Gasteiger partial charge in [-0.05, 0) is 51.9 Å². The molecule has 5 rings (SSSR count). The van der Waals surface area contributed by atoms with Crippen molar-refractivity contribution >= 4 is 53.1 Å². The van der Waals surface area contributed by atoms with Crippen molar-refractivity contribution in [2.75, 3.05) is 11.5 Å². The Bertz CT molecular complexity index is 1400. The number of hydrogen-bond donors (Lipinski definition) is 2. The van der Waals surface area contributed by atoms with Gasteiger partial charge in [-0.3, -0.25) is 9.36 Å². The summed E-state index contributed by atoms with van der Waals surface area (Å²) in [5.74, 6) is -0.659. The van der Waals surface area contributed by atoms with Gasteiger partial charge in [-0.15, -0.1) is 11.8 Å². The fraction of sp³-hybridized carbons (Fsp3) is 0.179. The van der Waals surface area contributed by atoms with Gasteiger partial charge in [0.05, 0.1) is 0 Å². The molecule has 0 aromatic heterocycles. The van der Waals surface area contributed by atoms with Gasteiger partial charge in [0.1, 0.15) is 5.66 Å². The quantitative estimate of drug-likeness (QED) is 0.329. The summed E-state index contributed by atoms with van der Waals surface area (Å²) in [7, 11) is -3.93. The van der Waals surface area contributed by atoms with E-state index in [0.29, 0.717) is 22.7 Å². The summed E-state index contributed by atoms with van der Waals surface area (Å²) in [4.78, 5) is 25.0. The van der Waals surface area contributed by atoms with Crippen LogP contribution >= 0.6 is 30.7 Å². The zero-order chi connectivity index (χ0) is 24.4. The summed E-state index contributed by atoms with van der Waals surface area (Å²) in [5, 5.41) is 7.49. The molecule has 178 valence electrons. The number of allylic oxidation sites excluding steroid dienone is 3. The number of aryl methyl sites for hydroxylation is 1. The fourth-order valence-electron chi connectivity index (χ4n) is 4.64. The van der Waals surface area contributed by atoms with Crippen LogP contribution in [0.3, 0.4) is 0 Å². The zero-order valence-electron chi connectivity index (χ0n) is 18.9. The Morgan fingerprint density at radius 3 is 2.60 bits per heavy atom. The van der Waals surface area contributed by atoms with E-state index in [1.165, 1.54) is 0 Å². The molecule has 1 heterocycles. The van der Waals surface area contributed by atoms with Crippen LogP contribution in [0.25, 0.3) is 10.8 Å². The van der Waals surface area contributed by atoms with Crippen LogP contribution in [0, 0.1) is 5.92 Å². The molecule has 0 bridgehead atoms. The lowest BCUT2D eigenvalue weighted by Gasteiger charge is -2.28. The van der Waals surface area contributed by atoms with E-state index in [1.54, 1.807) is 11.8 Å². The molecule has 0 fully saturated rings. The molecule has 2 N–H and O–H groups in total. The van der Waals surface area contributed by atoms with E-state index >= 15 is 0 Å². The highest BCUT2D eigenvalue weighted by atomic mass is 35.5. The fourth-order valence-corrected chi connectivity index (χ4v) is 8.11. The number of fused-ring (bicyclic) bond motifs is 2. The molecular weight excluding hydrogens is 497 g/mol. The van der Waals surface area contributed by atoms with Gasteiger partial charge in [-0.1, -0.05) is 84.4 Å². The molecule has 2 aliphatic rings. The Kier molecular flexibility index (Phi) is 7.04. The first kappa shape index (κ1) is 24.1. The van der Waals surface area contributed by atoms with Crippen LogP contribution in [0.15, 0.2) is 107 Å². The first-order valence-corrected chi connectivity index (χ1v) is 14.7. The van der Waals surface area contributed by atoms with Gasteiger partial charge in [-0.25, -0.2) is 0 Å². The lowest BCUT2D eigenvalue weighted by Crippen LogP contribution is -2.34. The summed E-state index contributed by atoms with van der Waals surface area (Å²) >= 11 is 7.84. The average molecular weight is 522 g/mol. The van der Waals surface area contributed by atoms with Crippen molar-refractivity contribution in [1.29, 1.82) is 0 Å². The molecule has 4 unspecified atom stereocenters. The first-order chi connectivity index (χ1) is 16.9. The lowest BCUT2D eigenvalue weighted by molar-refractivity contribution is -0.115. The maximum atomic E-state index is 13.8. The Labute approximate surface area is 214 Å². The number of hydrogen-bond acceptors (Lipinski definition) is 3. The maximum absolute atomic E-state index is 13.8. The number of carbonyl (C=O) groups excluding carboxylic acids is 1. The molecule has 7 heteroatoms. The zero-order valence-corrected chi connectivity index (χ0v) is 21.3. The number of anilines is 1. The van der Waals surface area contributed by atoms with Crippen molar-refractivity contribution in [2.45, 2.75) is 17.3 Å². The van der Waals surface area contributed by atoms with Crippen LogP contribution in [-0.2, 0) is 15.8 Å². The Balaban J connectivity index is 1.45. The van der Waals surface area contributed by atoms with E-state index in [2.05, 4.69) is 5.32 Å². The smallest absolute Gasteiger partial charge is 0.241 e. The van der Waals surface area contributed by atoms with Crippen molar-refractivity contribution in [1.82, 2.24) is 0 Å². The molecular formula is C28H25ClNO3PS. The van der Waals surface area contributed by atoms with Crippen molar-refractivity contribution in [2.24, 2.45) is 5.92 Å². The van der Waals surface area contributed by atoms with E-state index < -0.39 is 18.9 Å². The van der Waals surface area contributed by atoms with Crippen LogP contribution in [0.5, 0.6) is 0 Å². The summed E-state index contributed by atoms with van der Waals surface area (Å²) in [6, 6.07) is 23.1. The normalized spacial score (nSPS) is 21.5. The van der Waals surface area contributed by atoms with Crippen molar-refractivity contribution in [3.05, 3.63) is 113 Å². The van der Waals surface area contributed by atoms with E-state index in [1.807, 2.05) is 96.4 Å². The molecule has 4 atom stereocenters. The van der Waals surface area contributed by atoms with E-state index in [4.69, 9.17) is 11.6 Å². The van der Waals surface area contributed by atoms with Crippen molar-refractivity contribution in [3.63, 3.8) is 0 Å². The number of thioether (sulfide) groups is 1. The van der Waals surface area contributed by atoms with E-state index in [-0.39, 0.29) is 17.3 Å². The van der Waals surface area contributed by atoms with Crippen LogP contribution in [0.1, 0.15) is 5.56 Å². The SMILES string of the molecule is O=C(Nc1ccc2ccccc2c1)C(C1=CSC2C=CC(Cl)=CC12)P(=O)(O)CCc1ccccc1. The molecule has 4 nitrogen and oxygen atoms in total. The third-order valence-corrected chi connectivity index (χ3v) is 10.1. The van der Waals surface area contributed by atoms with Gasteiger partial charge in [0.25, 0.3) is 0 Å². The Hall–Kier alpha value is -2.56. The highest BCUT2D eigenvalue weighted by Gasteiger charge is 2.45. The maximum Gasteiger partial charge on any atom is 0.241 e. The number of carbonyl (C=O) groups is 1. The second-order valence-corrected chi connectivity index (χ2v) is 12.8. The van der Waals surface area contributed by atoms with Crippen LogP contribution in [0.4, 0.5) is 5.69 Å². The number of rotatable bonds is 7. The van der Waals surface area contributed by atoms with Crippen molar-refractivity contribution in [3.8, 4) is 0 Å². The molecule has 1 aliphatic heterocycles. The summed E-state index contributed by atoms with van der Waals surface area (Å²) in [6.07, 6.45) is 6.14. The van der Waals surface area contributed by atoms with Gasteiger partial charge < -0.3 is 10.2 Å². The minimum absolute atomic E-state index is 0.0134. The topological polar surface area (TPSA) is 66.4 Å². The molecule has 0 radical (unpaired) electrons. The predicted octanol–water partition coefficient (Wildman–Crippen LogP) is 6.97. The third kappa shape index (κ3) is 5.34. The largest absolute Gasteiger partial charge is 0.343 e. The average Bonchev–Trinajstić information content (AvgIpc) is 3.25. The summed E-state index contributed by atoms with van der Waals surface area (Å²) < 4.78 is 13.8.